The number of rotatable bonds is 8. The van der Waals surface area contributed by atoms with Gasteiger partial charge < -0.3 is 19.9 Å². The fourth-order valence-corrected chi connectivity index (χ4v) is 3.18. The Morgan fingerprint density at radius 3 is 2.48 bits per heavy atom. The molecule has 0 aliphatic rings. The summed E-state index contributed by atoms with van der Waals surface area (Å²) in [5.74, 6) is -0.955. The van der Waals surface area contributed by atoms with Crippen LogP contribution in [0, 0.1) is 11.3 Å². The van der Waals surface area contributed by atoms with Gasteiger partial charge in [0.25, 0.3) is 5.91 Å². The monoisotopic (exact) mass is 506 g/mol. The van der Waals surface area contributed by atoms with Crippen molar-refractivity contribution in [3.63, 3.8) is 0 Å². The molecule has 3 rings (SSSR count). The van der Waals surface area contributed by atoms with Crippen LogP contribution < -0.4 is 14.8 Å². The summed E-state index contributed by atoms with van der Waals surface area (Å²) in [5, 5.41) is 21.2. The molecule has 0 fully saturated rings. The van der Waals surface area contributed by atoms with Crippen LogP contribution in [0.4, 0.5) is 5.69 Å². The van der Waals surface area contributed by atoms with Crippen molar-refractivity contribution in [3.8, 4) is 17.6 Å². The molecule has 8 heteroatoms. The van der Waals surface area contributed by atoms with E-state index in [1.54, 1.807) is 30.3 Å². The standard InChI is InChI=1S/C25H19BrN2O5/c1-32-23-13-17(8-11-22(23)33-15-16-6-9-19(26)10-7-16)12-18(14-27)24(29)28-21-5-3-2-4-20(21)25(30)31/h2-13H,15H2,1H3,(H,28,29)(H,30,31)/b18-12+. The molecule has 0 saturated carbocycles. The van der Waals surface area contributed by atoms with Crippen molar-refractivity contribution >= 4 is 39.6 Å². The molecule has 166 valence electrons. The average Bonchev–Trinajstić information content (AvgIpc) is 2.82. The lowest BCUT2D eigenvalue weighted by Gasteiger charge is -2.12. The van der Waals surface area contributed by atoms with E-state index >= 15 is 0 Å². The van der Waals surface area contributed by atoms with Gasteiger partial charge in [0.15, 0.2) is 11.5 Å². The Morgan fingerprint density at radius 2 is 1.82 bits per heavy atom. The number of para-hydroxylation sites is 1. The zero-order valence-electron chi connectivity index (χ0n) is 17.5. The first kappa shape index (κ1) is 23.6. The summed E-state index contributed by atoms with van der Waals surface area (Å²) in [6, 6.07) is 20.6. The Labute approximate surface area is 199 Å². The topological polar surface area (TPSA) is 109 Å². The number of hydrogen-bond acceptors (Lipinski definition) is 5. The van der Waals surface area contributed by atoms with Gasteiger partial charge in [0.2, 0.25) is 0 Å². The Bertz CT molecular complexity index is 1250. The number of benzene rings is 3. The first-order chi connectivity index (χ1) is 15.9. The van der Waals surface area contributed by atoms with Crippen molar-refractivity contribution in [2.45, 2.75) is 6.61 Å². The lowest BCUT2D eigenvalue weighted by Crippen LogP contribution is -2.16. The van der Waals surface area contributed by atoms with Gasteiger partial charge in [0, 0.05) is 4.47 Å². The minimum atomic E-state index is -1.18. The van der Waals surface area contributed by atoms with Gasteiger partial charge in [-0.15, -0.1) is 0 Å². The van der Waals surface area contributed by atoms with Crippen molar-refractivity contribution in [1.82, 2.24) is 0 Å². The van der Waals surface area contributed by atoms with Crippen LogP contribution in [-0.4, -0.2) is 24.1 Å². The summed E-state index contributed by atoms with van der Waals surface area (Å²) < 4.78 is 12.2. The predicted octanol–water partition coefficient (Wildman–Crippen LogP) is 5.28. The minimum absolute atomic E-state index is 0.0721. The molecule has 0 aliphatic carbocycles. The summed E-state index contributed by atoms with van der Waals surface area (Å²) in [7, 11) is 1.50. The maximum Gasteiger partial charge on any atom is 0.337 e. The van der Waals surface area contributed by atoms with Crippen LogP contribution in [0.1, 0.15) is 21.5 Å². The molecule has 2 N–H and O–H groups in total. The van der Waals surface area contributed by atoms with Gasteiger partial charge in [-0.3, -0.25) is 4.79 Å². The average molecular weight is 507 g/mol. The molecular formula is C25H19BrN2O5. The number of carboxylic acid groups (broad SMARTS) is 1. The summed E-state index contributed by atoms with van der Waals surface area (Å²) >= 11 is 3.39. The maximum atomic E-state index is 12.6. The molecule has 0 radical (unpaired) electrons. The van der Waals surface area contributed by atoms with E-state index < -0.39 is 11.9 Å². The summed E-state index contributed by atoms with van der Waals surface area (Å²) in [4.78, 5) is 23.9. The van der Waals surface area contributed by atoms with Crippen molar-refractivity contribution in [3.05, 3.63) is 93.5 Å². The van der Waals surface area contributed by atoms with E-state index in [9.17, 15) is 20.0 Å². The lowest BCUT2D eigenvalue weighted by atomic mass is 10.1. The van der Waals surface area contributed by atoms with Gasteiger partial charge in [-0.05, 0) is 53.6 Å². The van der Waals surface area contributed by atoms with Gasteiger partial charge in [0.05, 0.1) is 18.4 Å². The van der Waals surface area contributed by atoms with Crippen LogP contribution in [0.5, 0.6) is 11.5 Å². The van der Waals surface area contributed by atoms with Crippen LogP contribution >= 0.6 is 15.9 Å². The van der Waals surface area contributed by atoms with Crippen LogP contribution in [0.15, 0.2) is 76.8 Å². The highest BCUT2D eigenvalue weighted by atomic mass is 79.9. The van der Waals surface area contributed by atoms with Gasteiger partial charge in [-0.1, -0.05) is 46.3 Å². The van der Waals surface area contributed by atoms with E-state index in [4.69, 9.17) is 9.47 Å². The fourth-order valence-electron chi connectivity index (χ4n) is 2.92. The molecule has 0 bridgehead atoms. The smallest absolute Gasteiger partial charge is 0.337 e. The van der Waals surface area contributed by atoms with Gasteiger partial charge in [-0.2, -0.15) is 5.26 Å². The number of amides is 1. The molecular weight excluding hydrogens is 488 g/mol. The normalized spacial score (nSPS) is 10.8. The number of methoxy groups -OCH3 is 1. The second kappa shape index (κ2) is 11.0. The molecule has 7 nitrogen and oxygen atoms in total. The van der Waals surface area contributed by atoms with Crippen molar-refractivity contribution in [2.75, 3.05) is 12.4 Å². The zero-order chi connectivity index (χ0) is 23.8. The number of nitriles is 1. The third-order valence-electron chi connectivity index (χ3n) is 4.58. The van der Waals surface area contributed by atoms with E-state index in [-0.39, 0.29) is 16.8 Å². The molecule has 0 aliphatic heterocycles. The molecule has 1 amide bonds. The fraction of sp³-hybridized carbons (Fsp3) is 0.0800. The quantitative estimate of drug-likeness (QED) is 0.317. The second-order valence-corrected chi connectivity index (χ2v) is 7.72. The number of ether oxygens (including phenoxy) is 2. The number of carbonyl (C=O) groups is 2. The Kier molecular flexibility index (Phi) is 7.84. The summed E-state index contributed by atoms with van der Waals surface area (Å²) in [5.41, 5.74) is 1.36. The summed E-state index contributed by atoms with van der Waals surface area (Å²) in [6.45, 7) is 0.341. The first-order valence-electron chi connectivity index (χ1n) is 9.72. The van der Waals surface area contributed by atoms with Gasteiger partial charge in [0.1, 0.15) is 18.2 Å². The number of aromatic carboxylic acids is 1. The number of nitrogens with one attached hydrogen (secondary N) is 1. The largest absolute Gasteiger partial charge is 0.493 e. The molecule has 0 saturated heterocycles. The number of carboxylic acids is 1. The predicted molar refractivity (Wildman–Crippen MR) is 127 cm³/mol. The minimum Gasteiger partial charge on any atom is -0.493 e. The lowest BCUT2D eigenvalue weighted by molar-refractivity contribution is -0.112. The molecule has 0 atom stereocenters. The first-order valence-corrected chi connectivity index (χ1v) is 10.5. The highest BCUT2D eigenvalue weighted by Crippen LogP contribution is 2.30. The van der Waals surface area contributed by atoms with Crippen LogP contribution in [-0.2, 0) is 11.4 Å². The SMILES string of the molecule is COc1cc(/C=C(\C#N)C(=O)Nc2ccccc2C(=O)O)ccc1OCc1ccc(Br)cc1. The second-order valence-electron chi connectivity index (χ2n) is 6.80. The molecule has 0 unspecified atom stereocenters. The Hall–Kier alpha value is -4.09. The van der Waals surface area contributed by atoms with Crippen LogP contribution in [0.3, 0.4) is 0 Å². The third-order valence-corrected chi connectivity index (χ3v) is 5.11. The molecule has 3 aromatic carbocycles. The number of hydrogen-bond donors (Lipinski definition) is 2. The molecule has 0 aromatic heterocycles. The number of carbonyl (C=O) groups excluding carboxylic acids is 1. The third kappa shape index (κ3) is 6.21. The Morgan fingerprint density at radius 1 is 1.09 bits per heavy atom. The van der Waals surface area contributed by atoms with E-state index in [1.165, 1.54) is 25.3 Å². The number of anilines is 1. The van der Waals surface area contributed by atoms with E-state index in [0.29, 0.717) is 23.7 Å². The molecule has 0 heterocycles. The Balaban J connectivity index is 1.78. The van der Waals surface area contributed by atoms with Gasteiger partial charge in [-0.25, -0.2) is 4.79 Å². The number of halogens is 1. The highest BCUT2D eigenvalue weighted by molar-refractivity contribution is 9.10. The number of nitrogens with zero attached hydrogens (tertiary/aromatic N) is 1. The van der Waals surface area contributed by atoms with Crippen LogP contribution in [0.25, 0.3) is 6.08 Å². The zero-order valence-corrected chi connectivity index (χ0v) is 19.1. The molecule has 3 aromatic rings. The summed E-state index contributed by atoms with van der Waals surface area (Å²) in [6.07, 6.45) is 1.39. The van der Waals surface area contributed by atoms with E-state index in [1.807, 2.05) is 30.3 Å². The highest BCUT2D eigenvalue weighted by Gasteiger charge is 2.15. The van der Waals surface area contributed by atoms with E-state index in [2.05, 4.69) is 21.2 Å². The molecule has 33 heavy (non-hydrogen) atoms. The van der Waals surface area contributed by atoms with Crippen molar-refractivity contribution in [2.24, 2.45) is 0 Å². The molecule has 0 spiro atoms. The maximum absolute atomic E-state index is 12.6. The van der Waals surface area contributed by atoms with Crippen LogP contribution in [0.2, 0.25) is 0 Å². The van der Waals surface area contributed by atoms with Crippen molar-refractivity contribution in [1.29, 1.82) is 5.26 Å². The van der Waals surface area contributed by atoms with Gasteiger partial charge >= 0.3 is 5.97 Å². The van der Waals surface area contributed by atoms with E-state index in [0.717, 1.165) is 10.0 Å². The van der Waals surface area contributed by atoms with Crippen molar-refractivity contribution < 1.29 is 24.2 Å².